The van der Waals surface area contributed by atoms with Crippen LogP contribution in [-0.2, 0) is 17.8 Å². The summed E-state index contributed by atoms with van der Waals surface area (Å²) < 4.78 is 12.4. The van der Waals surface area contributed by atoms with Gasteiger partial charge in [0.1, 0.15) is 18.2 Å². The van der Waals surface area contributed by atoms with Crippen LogP contribution in [0.3, 0.4) is 0 Å². The van der Waals surface area contributed by atoms with Gasteiger partial charge in [0.25, 0.3) is 5.91 Å². The highest BCUT2D eigenvalue weighted by atomic mass is 79.9. The van der Waals surface area contributed by atoms with Gasteiger partial charge >= 0.3 is 0 Å². The number of allylic oxidation sites excluding steroid dienone is 1. The van der Waals surface area contributed by atoms with E-state index >= 15 is 0 Å². The van der Waals surface area contributed by atoms with Crippen LogP contribution < -0.4 is 14.8 Å². The molecule has 0 fully saturated rings. The standard InChI is InChI=1S/C28H22BrN3O3/c1-3-7-20-12-19(13-23(17-31)28(33)32-25-11-6-10-24(29)15-25)14-26(34-2)27(20)35-18-22-9-5-4-8-21(22)16-30/h3-6,8-15H,1,7,18H2,2H3,(H,32,33)/b23-13-. The molecule has 1 N–H and O–H groups in total. The van der Waals surface area contributed by atoms with E-state index in [4.69, 9.17) is 9.47 Å². The van der Waals surface area contributed by atoms with E-state index in [0.29, 0.717) is 34.7 Å². The van der Waals surface area contributed by atoms with E-state index < -0.39 is 5.91 Å². The zero-order chi connectivity index (χ0) is 25.2. The van der Waals surface area contributed by atoms with Gasteiger partial charge in [-0.25, -0.2) is 0 Å². The number of amides is 1. The number of hydrogen-bond donors (Lipinski definition) is 1. The van der Waals surface area contributed by atoms with Crippen LogP contribution in [0.25, 0.3) is 6.08 Å². The minimum absolute atomic E-state index is 0.0619. The molecule has 3 rings (SSSR count). The molecule has 0 saturated carbocycles. The summed E-state index contributed by atoms with van der Waals surface area (Å²) in [7, 11) is 1.52. The molecule has 1 amide bonds. The van der Waals surface area contributed by atoms with Crippen molar-refractivity contribution in [1.82, 2.24) is 0 Å². The Hall–Kier alpha value is -4.33. The van der Waals surface area contributed by atoms with Crippen molar-refractivity contribution in [3.8, 4) is 23.6 Å². The highest BCUT2D eigenvalue weighted by Gasteiger charge is 2.16. The number of halogens is 1. The summed E-state index contributed by atoms with van der Waals surface area (Å²) >= 11 is 3.36. The van der Waals surface area contributed by atoms with E-state index in [9.17, 15) is 15.3 Å². The van der Waals surface area contributed by atoms with Crippen LogP contribution in [0.15, 0.2) is 83.4 Å². The van der Waals surface area contributed by atoms with Gasteiger partial charge < -0.3 is 14.8 Å². The summed E-state index contributed by atoms with van der Waals surface area (Å²) in [5.41, 5.74) is 3.16. The molecule has 7 heteroatoms. The van der Waals surface area contributed by atoms with Gasteiger partial charge in [0.05, 0.1) is 18.7 Å². The third-order valence-electron chi connectivity index (χ3n) is 5.01. The number of nitrogens with one attached hydrogen (secondary N) is 1. The van der Waals surface area contributed by atoms with Crippen molar-refractivity contribution in [3.05, 3.63) is 106 Å². The van der Waals surface area contributed by atoms with Gasteiger partial charge in [-0.15, -0.1) is 6.58 Å². The maximum absolute atomic E-state index is 12.7. The zero-order valence-electron chi connectivity index (χ0n) is 19.0. The lowest BCUT2D eigenvalue weighted by Gasteiger charge is -2.16. The number of anilines is 1. The van der Waals surface area contributed by atoms with E-state index in [0.717, 1.165) is 15.6 Å². The molecular weight excluding hydrogens is 506 g/mol. The number of hydrogen-bond acceptors (Lipinski definition) is 5. The van der Waals surface area contributed by atoms with Gasteiger partial charge in [0, 0.05) is 21.3 Å². The first-order chi connectivity index (χ1) is 17.0. The van der Waals surface area contributed by atoms with Crippen molar-refractivity contribution >= 4 is 33.6 Å². The van der Waals surface area contributed by atoms with E-state index in [-0.39, 0.29) is 12.2 Å². The SMILES string of the molecule is C=CCc1cc(/C=C(/C#N)C(=O)Nc2cccc(Br)c2)cc(OC)c1OCc1ccccc1C#N. The predicted molar refractivity (Wildman–Crippen MR) is 139 cm³/mol. The Labute approximate surface area is 212 Å². The zero-order valence-corrected chi connectivity index (χ0v) is 20.6. The van der Waals surface area contributed by atoms with E-state index in [1.165, 1.54) is 13.2 Å². The third kappa shape index (κ3) is 6.60. The molecule has 0 heterocycles. The first-order valence-electron chi connectivity index (χ1n) is 10.6. The van der Waals surface area contributed by atoms with Gasteiger partial charge in [0.15, 0.2) is 11.5 Å². The van der Waals surface area contributed by atoms with E-state index in [1.54, 1.807) is 42.5 Å². The molecule has 35 heavy (non-hydrogen) atoms. The Morgan fingerprint density at radius 2 is 1.91 bits per heavy atom. The van der Waals surface area contributed by atoms with E-state index in [1.807, 2.05) is 30.3 Å². The predicted octanol–water partition coefficient (Wildman–Crippen LogP) is 6.18. The maximum atomic E-state index is 12.7. The van der Waals surface area contributed by atoms with Crippen LogP contribution in [0.4, 0.5) is 5.69 Å². The summed E-state index contributed by atoms with van der Waals surface area (Å²) in [4.78, 5) is 12.7. The lowest BCUT2D eigenvalue weighted by molar-refractivity contribution is -0.112. The minimum atomic E-state index is -0.525. The molecule has 0 atom stereocenters. The van der Waals surface area contributed by atoms with Gasteiger partial charge in [-0.05, 0) is 54.5 Å². The van der Waals surface area contributed by atoms with Crippen LogP contribution >= 0.6 is 15.9 Å². The molecule has 174 valence electrons. The lowest BCUT2D eigenvalue weighted by Crippen LogP contribution is -2.13. The number of carbonyl (C=O) groups is 1. The maximum Gasteiger partial charge on any atom is 0.266 e. The summed E-state index contributed by atoms with van der Waals surface area (Å²) in [5, 5.41) is 21.7. The molecule has 0 spiro atoms. The highest BCUT2D eigenvalue weighted by Crippen LogP contribution is 2.35. The smallest absolute Gasteiger partial charge is 0.266 e. The number of nitriles is 2. The quantitative estimate of drug-likeness (QED) is 0.203. The number of nitrogens with zero attached hydrogens (tertiary/aromatic N) is 2. The second-order valence-electron chi connectivity index (χ2n) is 7.40. The minimum Gasteiger partial charge on any atom is -0.493 e. The van der Waals surface area contributed by atoms with Crippen molar-refractivity contribution < 1.29 is 14.3 Å². The van der Waals surface area contributed by atoms with Crippen LogP contribution in [0, 0.1) is 22.7 Å². The fourth-order valence-corrected chi connectivity index (χ4v) is 3.77. The first-order valence-corrected chi connectivity index (χ1v) is 11.4. The molecule has 0 aliphatic heterocycles. The van der Waals surface area contributed by atoms with E-state index in [2.05, 4.69) is 33.9 Å². The molecule has 0 aromatic heterocycles. The molecule has 0 unspecified atom stereocenters. The normalized spacial score (nSPS) is 10.6. The molecule has 6 nitrogen and oxygen atoms in total. The lowest BCUT2D eigenvalue weighted by atomic mass is 10.0. The Morgan fingerprint density at radius 3 is 2.60 bits per heavy atom. The fraction of sp³-hybridized carbons (Fsp3) is 0.107. The number of rotatable bonds is 9. The van der Waals surface area contributed by atoms with Gasteiger partial charge in [-0.2, -0.15) is 10.5 Å². The average molecular weight is 528 g/mol. The second kappa shape index (κ2) is 12.2. The Bertz CT molecular complexity index is 1370. The molecule has 0 aliphatic rings. The summed E-state index contributed by atoms with van der Waals surface area (Å²) in [6.07, 6.45) is 3.69. The molecule has 3 aromatic carbocycles. The Kier molecular flexibility index (Phi) is 8.83. The van der Waals surface area contributed by atoms with Crippen LogP contribution in [-0.4, -0.2) is 13.0 Å². The van der Waals surface area contributed by atoms with Crippen molar-refractivity contribution in [1.29, 1.82) is 10.5 Å². The molecule has 0 bridgehead atoms. The van der Waals surface area contributed by atoms with Gasteiger partial charge in [-0.1, -0.05) is 46.3 Å². The third-order valence-corrected chi connectivity index (χ3v) is 5.50. The number of methoxy groups -OCH3 is 1. The van der Waals surface area contributed by atoms with Crippen LogP contribution in [0.2, 0.25) is 0 Å². The van der Waals surface area contributed by atoms with Crippen molar-refractivity contribution in [2.24, 2.45) is 0 Å². The molecule has 3 aromatic rings. The Morgan fingerprint density at radius 1 is 1.11 bits per heavy atom. The topological polar surface area (TPSA) is 95.1 Å². The fourth-order valence-electron chi connectivity index (χ4n) is 3.37. The van der Waals surface area contributed by atoms with Crippen molar-refractivity contribution in [2.45, 2.75) is 13.0 Å². The van der Waals surface area contributed by atoms with Crippen LogP contribution in [0.1, 0.15) is 22.3 Å². The Balaban J connectivity index is 1.92. The second-order valence-corrected chi connectivity index (χ2v) is 8.31. The van der Waals surface area contributed by atoms with Crippen LogP contribution in [0.5, 0.6) is 11.5 Å². The molecular formula is C28H22BrN3O3. The van der Waals surface area contributed by atoms with Crippen molar-refractivity contribution in [2.75, 3.05) is 12.4 Å². The number of carbonyl (C=O) groups excluding carboxylic acids is 1. The van der Waals surface area contributed by atoms with Gasteiger partial charge in [0.2, 0.25) is 0 Å². The summed E-state index contributed by atoms with van der Waals surface area (Å²) in [6.45, 7) is 3.99. The number of benzene rings is 3. The molecule has 0 aliphatic carbocycles. The largest absolute Gasteiger partial charge is 0.493 e. The summed E-state index contributed by atoms with van der Waals surface area (Å²) in [6, 6.07) is 22.0. The van der Waals surface area contributed by atoms with Gasteiger partial charge in [-0.3, -0.25) is 4.79 Å². The summed E-state index contributed by atoms with van der Waals surface area (Å²) in [5.74, 6) is 0.424. The molecule has 0 radical (unpaired) electrons. The first kappa shape index (κ1) is 25.3. The molecule has 0 saturated heterocycles. The number of ether oxygens (including phenoxy) is 2. The van der Waals surface area contributed by atoms with Crippen molar-refractivity contribution in [3.63, 3.8) is 0 Å². The highest BCUT2D eigenvalue weighted by molar-refractivity contribution is 9.10. The average Bonchev–Trinajstić information content (AvgIpc) is 2.86. The monoisotopic (exact) mass is 527 g/mol.